The maximum Gasteiger partial charge on any atom is 0.335 e. The van der Waals surface area contributed by atoms with E-state index in [0.717, 1.165) is 6.07 Å². The molecule has 120 valence electrons. The summed E-state index contributed by atoms with van der Waals surface area (Å²) in [5.74, 6) is -1.23. The first-order chi connectivity index (χ1) is 10.9. The van der Waals surface area contributed by atoms with Crippen molar-refractivity contribution < 1.29 is 19.9 Å². The minimum atomic E-state index is -1.23. The van der Waals surface area contributed by atoms with Crippen molar-refractivity contribution in [1.82, 2.24) is 0 Å². The molecule has 2 rings (SSSR count). The number of halogens is 1. The third kappa shape index (κ3) is 3.97. The van der Waals surface area contributed by atoms with E-state index in [1.807, 2.05) is 0 Å². The number of aliphatic hydroxyl groups excluding tert-OH is 1. The van der Waals surface area contributed by atoms with Crippen LogP contribution in [-0.2, 0) is 13.2 Å². The highest BCUT2D eigenvalue weighted by molar-refractivity contribution is 6.30. The smallest absolute Gasteiger partial charge is 0.335 e. The van der Waals surface area contributed by atoms with Gasteiger partial charge >= 0.3 is 5.97 Å². The van der Waals surface area contributed by atoms with Gasteiger partial charge in [0.15, 0.2) is 0 Å². The standard InChI is InChI=1S/C15H13ClN2O5/c16-12-3-4-13(11(5-12)8-19)17-7-10-2-1-9(15(20)21)6-14(10)18(22)23/h1-6,17,19H,7-8H2,(H,20,21). The van der Waals surface area contributed by atoms with Crippen LogP contribution < -0.4 is 5.32 Å². The lowest BCUT2D eigenvalue weighted by atomic mass is 10.1. The minimum absolute atomic E-state index is 0.102. The topological polar surface area (TPSA) is 113 Å². The number of carboxylic acids is 1. The van der Waals surface area contributed by atoms with E-state index in [1.165, 1.54) is 12.1 Å². The predicted molar refractivity (Wildman–Crippen MR) is 84.8 cm³/mol. The van der Waals surface area contributed by atoms with Crippen LogP contribution in [0.1, 0.15) is 21.5 Å². The number of aliphatic hydroxyl groups is 1. The van der Waals surface area contributed by atoms with Crippen molar-refractivity contribution in [2.75, 3.05) is 5.32 Å². The fraction of sp³-hybridized carbons (Fsp3) is 0.133. The third-order valence-corrected chi connectivity index (χ3v) is 3.47. The molecule has 0 radical (unpaired) electrons. The predicted octanol–water partition coefficient (Wildman–Crippen LogP) is 3.05. The lowest BCUT2D eigenvalue weighted by Gasteiger charge is -2.11. The number of anilines is 1. The molecular weight excluding hydrogens is 324 g/mol. The first kappa shape index (κ1) is 16.7. The highest BCUT2D eigenvalue weighted by Gasteiger charge is 2.17. The average molecular weight is 337 g/mol. The summed E-state index contributed by atoms with van der Waals surface area (Å²) < 4.78 is 0. The van der Waals surface area contributed by atoms with Gasteiger partial charge in [0.1, 0.15) is 0 Å². The van der Waals surface area contributed by atoms with Crippen LogP contribution in [0.5, 0.6) is 0 Å². The molecule has 0 aliphatic heterocycles. The maximum atomic E-state index is 11.1. The zero-order valence-corrected chi connectivity index (χ0v) is 12.6. The Morgan fingerprint density at radius 3 is 2.57 bits per heavy atom. The molecule has 0 heterocycles. The molecule has 0 fully saturated rings. The lowest BCUT2D eigenvalue weighted by Crippen LogP contribution is -2.07. The van der Waals surface area contributed by atoms with E-state index in [-0.39, 0.29) is 24.4 Å². The summed E-state index contributed by atoms with van der Waals surface area (Å²) in [7, 11) is 0. The monoisotopic (exact) mass is 336 g/mol. The molecule has 0 aliphatic carbocycles. The fourth-order valence-corrected chi connectivity index (χ4v) is 2.27. The number of carboxylic acid groups (broad SMARTS) is 1. The van der Waals surface area contributed by atoms with Crippen molar-refractivity contribution in [2.24, 2.45) is 0 Å². The Morgan fingerprint density at radius 2 is 1.96 bits per heavy atom. The highest BCUT2D eigenvalue weighted by Crippen LogP contribution is 2.24. The zero-order chi connectivity index (χ0) is 17.0. The summed E-state index contributed by atoms with van der Waals surface area (Å²) in [5.41, 5.74) is 1.05. The Kier molecular flexibility index (Phi) is 5.15. The summed E-state index contributed by atoms with van der Waals surface area (Å²) in [6, 6.07) is 8.60. The fourth-order valence-electron chi connectivity index (χ4n) is 2.07. The molecular formula is C15H13ClN2O5. The van der Waals surface area contributed by atoms with Crippen molar-refractivity contribution >= 4 is 28.9 Å². The quantitative estimate of drug-likeness (QED) is 0.552. The van der Waals surface area contributed by atoms with E-state index in [0.29, 0.717) is 21.8 Å². The van der Waals surface area contributed by atoms with Crippen molar-refractivity contribution in [3.8, 4) is 0 Å². The number of carbonyl (C=O) groups is 1. The van der Waals surface area contributed by atoms with Gasteiger partial charge in [0.05, 0.1) is 17.1 Å². The summed E-state index contributed by atoms with van der Waals surface area (Å²) in [4.78, 5) is 21.4. The number of hydrogen-bond donors (Lipinski definition) is 3. The second-order valence-electron chi connectivity index (χ2n) is 4.72. The van der Waals surface area contributed by atoms with Crippen molar-refractivity contribution in [1.29, 1.82) is 0 Å². The lowest BCUT2D eigenvalue weighted by molar-refractivity contribution is -0.385. The number of hydrogen-bond acceptors (Lipinski definition) is 5. The van der Waals surface area contributed by atoms with Crippen LogP contribution in [0.4, 0.5) is 11.4 Å². The van der Waals surface area contributed by atoms with E-state index in [9.17, 15) is 20.0 Å². The Labute approximate surface area is 136 Å². The van der Waals surface area contributed by atoms with Gasteiger partial charge in [-0.2, -0.15) is 0 Å². The van der Waals surface area contributed by atoms with Gasteiger partial charge in [-0.3, -0.25) is 10.1 Å². The van der Waals surface area contributed by atoms with Crippen LogP contribution in [0, 0.1) is 10.1 Å². The van der Waals surface area contributed by atoms with E-state index in [1.54, 1.807) is 18.2 Å². The Balaban J connectivity index is 2.27. The molecule has 0 amide bonds. The molecule has 3 N–H and O–H groups in total. The third-order valence-electron chi connectivity index (χ3n) is 3.24. The SMILES string of the molecule is O=C(O)c1ccc(CNc2ccc(Cl)cc2CO)c([N+](=O)[O-])c1. The molecule has 2 aromatic rings. The molecule has 0 unspecified atom stereocenters. The first-order valence-corrected chi connectivity index (χ1v) is 6.94. The summed E-state index contributed by atoms with van der Waals surface area (Å²) in [5, 5.41) is 32.8. The van der Waals surface area contributed by atoms with Gasteiger partial charge in [-0.05, 0) is 30.3 Å². The summed E-state index contributed by atoms with van der Waals surface area (Å²) in [6.45, 7) is -0.131. The first-order valence-electron chi connectivity index (χ1n) is 6.56. The van der Waals surface area contributed by atoms with Gasteiger partial charge in [0, 0.05) is 34.4 Å². The number of nitro groups is 1. The number of aromatic carboxylic acids is 1. The minimum Gasteiger partial charge on any atom is -0.478 e. The average Bonchev–Trinajstić information content (AvgIpc) is 2.53. The Bertz CT molecular complexity index is 764. The van der Waals surface area contributed by atoms with Crippen LogP contribution in [0.15, 0.2) is 36.4 Å². The van der Waals surface area contributed by atoms with Crippen LogP contribution >= 0.6 is 11.6 Å². The maximum absolute atomic E-state index is 11.1. The van der Waals surface area contributed by atoms with Crippen molar-refractivity contribution in [3.63, 3.8) is 0 Å². The molecule has 0 bridgehead atoms. The van der Waals surface area contributed by atoms with Gasteiger partial charge in [0.2, 0.25) is 0 Å². The van der Waals surface area contributed by atoms with E-state index in [2.05, 4.69) is 5.32 Å². The van der Waals surface area contributed by atoms with Crippen LogP contribution in [0.3, 0.4) is 0 Å². The zero-order valence-electron chi connectivity index (χ0n) is 11.8. The van der Waals surface area contributed by atoms with Crippen LogP contribution in [0.2, 0.25) is 5.02 Å². The van der Waals surface area contributed by atoms with Gasteiger partial charge in [-0.25, -0.2) is 4.79 Å². The molecule has 0 spiro atoms. The Hall–Kier alpha value is -2.64. The number of nitrogens with one attached hydrogen (secondary N) is 1. The second-order valence-corrected chi connectivity index (χ2v) is 5.16. The largest absolute Gasteiger partial charge is 0.478 e. The van der Waals surface area contributed by atoms with Gasteiger partial charge in [-0.1, -0.05) is 11.6 Å². The molecule has 23 heavy (non-hydrogen) atoms. The second kappa shape index (κ2) is 7.08. The van der Waals surface area contributed by atoms with Gasteiger partial charge in [-0.15, -0.1) is 0 Å². The normalized spacial score (nSPS) is 10.3. The Morgan fingerprint density at radius 1 is 1.22 bits per heavy atom. The van der Waals surface area contributed by atoms with E-state index in [4.69, 9.17) is 16.7 Å². The van der Waals surface area contributed by atoms with E-state index >= 15 is 0 Å². The molecule has 0 saturated heterocycles. The summed E-state index contributed by atoms with van der Waals surface area (Å²) >= 11 is 5.84. The number of benzene rings is 2. The number of nitro benzene ring substituents is 1. The number of nitrogens with zero attached hydrogens (tertiary/aromatic N) is 1. The van der Waals surface area contributed by atoms with E-state index < -0.39 is 10.9 Å². The van der Waals surface area contributed by atoms with Gasteiger partial charge < -0.3 is 15.5 Å². The summed E-state index contributed by atoms with van der Waals surface area (Å²) in [6.07, 6.45) is 0. The molecule has 0 aromatic heterocycles. The molecule has 0 atom stereocenters. The molecule has 8 heteroatoms. The number of rotatable bonds is 6. The van der Waals surface area contributed by atoms with Crippen LogP contribution in [-0.4, -0.2) is 21.1 Å². The molecule has 0 saturated carbocycles. The van der Waals surface area contributed by atoms with Gasteiger partial charge in [0.25, 0.3) is 5.69 Å². The molecule has 7 nitrogen and oxygen atoms in total. The highest BCUT2D eigenvalue weighted by atomic mass is 35.5. The molecule has 0 aliphatic rings. The molecule has 2 aromatic carbocycles. The van der Waals surface area contributed by atoms with Crippen molar-refractivity contribution in [2.45, 2.75) is 13.2 Å². The van der Waals surface area contributed by atoms with Crippen LogP contribution in [0.25, 0.3) is 0 Å². The van der Waals surface area contributed by atoms with Crippen molar-refractivity contribution in [3.05, 3.63) is 68.2 Å².